The summed E-state index contributed by atoms with van der Waals surface area (Å²) in [4.78, 5) is 5.37. The molecule has 0 aromatic heterocycles. The van der Waals surface area contributed by atoms with E-state index < -0.39 is 0 Å². The molecule has 2 fully saturated rings. The van der Waals surface area contributed by atoms with Crippen LogP contribution in [0.4, 0.5) is 0 Å². The molecule has 2 unspecified atom stereocenters. The minimum Gasteiger partial charge on any atom is -0.319 e. The molecule has 3 nitrogen and oxygen atoms in total. The van der Waals surface area contributed by atoms with Crippen LogP contribution in [0, 0.1) is 0 Å². The van der Waals surface area contributed by atoms with Gasteiger partial charge in [0.1, 0.15) is 0 Å². The zero-order valence-electron chi connectivity index (χ0n) is 13.5. The maximum absolute atomic E-state index is 3.21. The highest BCUT2D eigenvalue weighted by Gasteiger charge is 2.34. The Morgan fingerprint density at radius 1 is 1.14 bits per heavy atom. The third-order valence-electron chi connectivity index (χ3n) is 5.14. The first kappa shape index (κ1) is 15.0. The summed E-state index contributed by atoms with van der Waals surface area (Å²) in [5.41, 5.74) is 2.89. The first-order chi connectivity index (χ1) is 10.3. The molecule has 0 spiro atoms. The molecule has 0 aliphatic carbocycles. The molecule has 2 aliphatic rings. The summed E-state index contributed by atoms with van der Waals surface area (Å²) in [6.07, 6.45) is 3.91. The molecule has 1 N–H and O–H groups in total. The molecule has 2 atom stereocenters. The minimum absolute atomic E-state index is 0.684. The maximum Gasteiger partial charge on any atom is 0.0237 e. The minimum atomic E-state index is 0.684. The highest BCUT2D eigenvalue weighted by atomic mass is 15.3. The zero-order chi connectivity index (χ0) is 14.7. The van der Waals surface area contributed by atoms with Crippen LogP contribution in [0.15, 0.2) is 24.3 Å². The van der Waals surface area contributed by atoms with E-state index in [1.165, 1.54) is 43.6 Å². The Balaban J connectivity index is 1.58. The number of benzene rings is 1. The SMILES string of the molecule is CNCCc1ccc(CN2CC3CCCN3CC2C)cc1. The summed E-state index contributed by atoms with van der Waals surface area (Å²) < 4.78 is 0. The number of nitrogens with zero attached hydrogens (tertiary/aromatic N) is 2. The van der Waals surface area contributed by atoms with Crippen molar-refractivity contribution >= 4 is 0 Å². The number of hydrogen-bond donors (Lipinski definition) is 1. The van der Waals surface area contributed by atoms with Gasteiger partial charge < -0.3 is 5.32 Å². The number of fused-ring (bicyclic) bond motifs is 1. The molecule has 3 heteroatoms. The van der Waals surface area contributed by atoms with E-state index in [0.29, 0.717) is 6.04 Å². The number of piperazine rings is 1. The molecule has 3 rings (SSSR count). The molecule has 0 bridgehead atoms. The molecule has 0 radical (unpaired) electrons. The molecule has 2 saturated heterocycles. The molecule has 1 aromatic rings. The Morgan fingerprint density at radius 3 is 2.67 bits per heavy atom. The van der Waals surface area contributed by atoms with Gasteiger partial charge in [0.2, 0.25) is 0 Å². The summed E-state index contributed by atoms with van der Waals surface area (Å²) >= 11 is 0. The molecular weight excluding hydrogens is 258 g/mol. The van der Waals surface area contributed by atoms with Crippen molar-refractivity contribution in [1.29, 1.82) is 0 Å². The molecule has 2 heterocycles. The highest BCUT2D eigenvalue weighted by Crippen LogP contribution is 2.25. The summed E-state index contributed by atoms with van der Waals surface area (Å²) in [6, 6.07) is 10.7. The maximum atomic E-state index is 3.21. The Morgan fingerprint density at radius 2 is 1.90 bits per heavy atom. The van der Waals surface area contributed by atoms with E-state index in [9.17, 15) is 0 Å². The van der Waals surface area contributed by atoms with Crippen molar-refractivity contribution in [2.24, 2.45) is 0 Å². The summed E-state index contributed by atoms with van der Waals surface area (Å²) in [5, 5.41) is 3.21. The Labute approximate surface area is 129 Å². The zero-order valence-corrected chi connectivity index (χ0v) is 13.5. The Hall–Kier alpha value is -0.900. The molecule has 1 aromatic carbocycles. The van der Waals surface area contributed by atoms with Crippen LogP contribution in [0.3, 0.4) is 0 Å². The number of likely N-dealkylation sites (N-methyl/N-ethyl adjacent to an activating group) is 1. The lowest BCUT2D eigenvalue weighted by Crippen LogP contribution is -2.54. The van der Waals surface area contributed by atoms with Crippen LogP contribution in [0.25, 0.3) is 0 Å². The van der Waals surface area contributed by atoms with E-state index in [2.05, 4.69) is 46.3 Å². The molecular formula is C18H29N3. The van der Waals surface area contributed by atoms with Crippen LogP contribution in [0.2, 0.25) is 0 Å². The van der Waals surface area contributed by atoms with Gasteiger partial charge in [0.05, 0.1) is 0 Å². The fraction of sp³-hybridized carbons (Fsp3) is 0.667. The fourth-order valence-electron chi connectivity index (χ4n) is 3.78. The van der Waals surface area contributed by atoms with Crippen LogP contribution in [-0.2, 0) is 13.0 Å². The van der Waals surface area contributed by atoms with Gasteiger partial charge in [0.25, 0.3) is 0 Å². The van der Waals surface area contributed by atoms with E-state index in [4.69, 9.17) is 0 Å². The van der Waals surface area contributed by atoms with Crippen molar-refractivity contribution in [2.75, 3.05) is 33.2 Å². The van der Waals surface area contributed by atoms with E-state index in [0.717, 1.165) is 25.6 Å². The van der Waals surface area contributed by atoms with Gasteiger partial charge in [-0.3, -0.25) is 9.80 Å². The van der Waals surface area contributed by atoms with Crippen LogP contribution >= 0.6 is 0 Å². The van der Waals surface area contributed by atoms with Gasteiger partial charge in [-0.1, -0.05) is 24.3 Å². The topological polar surface area (TPSA) is 18.5 Å². The summed E-state index contributed by atoms with van der Waals surface area (Å²) in [5.74, 6) is 0. The van der Waals surface area contributed by atoms with Gasteiger partial charge in [-0.2, -0.15) is 0 Å². The molecule has 116 valence electrons. The summed E-state index contributed by atoms with van der Waals surface area (Å²) in [6.45, 7) is 8.38. The van der Waals surface area contributed by atoms with Gasteiger partial charge >= 0.3 is 0 Å². The van der Waals surface area contributed by atoms with Crippen molar-refractivity contribution < 1.29 is 0 Å². The average molecular weight is 287 g/mol. The number of nitrogens with one attached hydrogen (secondary N) is 1. The van der Waals surface area contributed by atoms with Crippen molar-refractivity contribution in [2.45, 2.75) is 44.8 Å². The van der Waals surface area contributed by atoms with E-state index in [1.807, 2.05) is 7.05 Å². The number of rotatable bonds is 5. The van der Waals surface area contributed by atoms with Gasteiger partial charge in [0.15, 0.2) is 0 Å². The molecule has 2 aliphatic heterocycles. The number of hydrogen-bond acceptors (Lipinski definition) is 3. The second-order valence-corrected chi connectivity index (χ2v) is 6.74. The van der Waals surface area contributed by atoms with E-state index in [1.54, 1.807) is 0 Å². The standard InChI is InChI=1S/C18H29N3/c1-15-12-20-11-3-4-18(20)14-21(15)13-17-7-5-16(6-8-17)9-10-19-2/h5-8,15,18-19H,3-4,9-14H2,1-2H3. The average Bonchev–Trinajstić information content (AvgIpc) is 2.94. The van der Waals surface area contributed by atoms with Gasteiger partial charge in [-0.05, 0) is 57.5 Å². The smallest absolute Gasteiger partial charge is 0.0237 e. The van der Waals surface area contributed by atoms with Crippen molar-refractivity contribution in [3.05, 3.63) is 35.4 Å². The lowest BCUT2D eigenvalue weighted by atomic mass is 10.0. The highest BCUT2D eigenvalue weighted by molar-refractivity contribution is 5.23. The van der Waals surface area contributed by atoms with Crippen molar-refractivity contribution in [3.63, 3.8) is 0 Å². The first-order valence-corrected chi connectivity index (χ1v) is 8.47. The third kappa shape index (κ3) is 3.65. The third-order valence-corrected chi connectivity index (χ3v) is 5.14. The van der Waals surface area contributed by atoms with Crippen LogP contribution in [0.5, 0.6) is 0 Å². The van der Waals surface area contributed by atoms with Crippen molar-refractivity contribution in [3.8, 4) is 0 Å². The largest absolute Gasteiger partial charge is 0.319 e. The van der Waals surface area contributed by atoms with Crippen LogP contribution in [0.1, 0.15) is 30.9 Å². The molecule has 21 heavy (non-hydrogen) atoms. The second-order valence-electron chi connectivity index (χ2n) is 6.74. The second kappa shape index (κ2) is 6.91. The monoisotopic (exact) mass is 287 g/mol. The van der Waals surface area contributed by atoms with Gasteiger partial charge in [0, 0.05) is 31.7 Å². The van der Waals surface area contributed by atoms with Gasteiger partial charge in [-0.15, -0.1) is 0 Å². The van der Waals surface area contributed by atoms with E-state index in [-0.39, 0.29) is 0 Å². The quantitative estimate of drug-likeness (QED) is 0.895. The van der Waals surface area contributed by atoms with Crippen LogP contribution < -0.4 is 5.32 Å². The van der Waals surface area contributed by atoms with Crippen LogP contribution in [-0.4, -0.2) is 55.1 Å². The van der Waals surface area contributed by atoms with Crippen molar-refractivity contribution in [1.82, 2.24) is 15.1 Å². The predicted molar refractivity (Wildman–Crippen MR) is 88.5 cm³/mol. The lowest BCUT2D eigenvalue weighted by Gasteiger charge is -2.42. The predicted octanol–water partition coefficient (Wildman–Crippen LogP) is 2.12. The molecule has 0 saturated carbocycles. The fourth-order valence-corrected chi connectivity index (χ4v) is 3.78. The lowest BCUT2D eigenvalue weighted by molar-refractivity contribution is 0.0540. The summed E-state index contributed by atoms with van der Waals surface area (Å²) in [7, 11) is 2.01. The first-order valence-electron chi connectivity index (χ1n) is 8.47. The Bertz CT molecular complexity index is 442. The van der Waals surface area contributed by atoms with E-state index >= 15 is 0 Å². The Kier molecular flexibility index (Phi) is 4.94. The normalized spacial score (nSPS) is 27.0. The van der Waals surface area contributed by atoms with Gasteiger partial charge in [-0.25, -0.2) is 0 Å². The molecule has 0 amide bonds.